The SMILES string of the molecule is CCC(C)NC(=O)C1COC2(CCN(C(=O)c3ccccc3Cl)CC2)N1C(=O)c1ccccc1. The summed E-state index contributed by atoms with van der Waals surface area (Å²) in [6.07, 6.45) is 1.61. The molecule has 2 unspecified atom stereocenters. The summed E-state index contributed by atoms with van der Waals surface area (Å²) in [6.45, 7) is 4.84. The van der Waals surface area contributed by atoms with Gasteiger partial charge in [-0.15, -0.1) is 0 Å². The summed E-state index contributed by atoms with van der Waals surface area (Å²) in [5.74, 6) is -0.608. The molecule has 8 heteroatoms. The van der Waals surface area contributed by atoms with Gasteiger partial charge in [0.25, 0.3) is 11.8 Å². The van der Waals surface area contributed by atoms with Crippen LogP contribution in [-0.4, -0.2) is 65.0 Å². The quantitative estimate of drug-likeness (QED) is 0.702. The Bertz CT molecular complexity index is 1050. The van der Waals surface area contributed by atoms with Crippen molar-refractivity contribution < 1.29 is 19.1 Å². The molecule has 2 atom stereocenters. The molecule has 34 heavy (non-hydrogen) atoms. The van der Waals surface area contributed by atoms with Gasteiger partial charge < -0.3 is 15.0 Å². The van der Waals surface area contributed by atoms with Crippen LogP contribution in [0.25, 0.3) is 0 Å². The van der Waals surface area contributed by atoms with Crippen molar-refractivity contribution in [3.8, 4) is 0 Å². The molecule has 2 aromatic rings. The van der Waals surface area contributed by atoms with Gasteiger partial charge in [-0.3, -0.25) is 19.3 Å². The number of hydrogen-bond donors (Lipinski definition) is 1. The second kappa shape index (κ2) is 10.2. The predicted octanol–water partition coefficient (Wildman–Crippen LogP) is 3.73. The molecule has 0 radical (unpaired) electrons. The number of hydrogen-bond acceptors (Lipinski definition) is 4. The number of halogens is 1. The minimum Gasteiger partial charge on any atom is -0.353 e. The van der Waals surface area contributed by atoms with E-state index in [0.29, 0.717) is 42.1 Å². The van der Waals surface area contributed by atoms with Crippen molar-refractivity contribution in [1.29, 1.82) is 0 Å². The summed E-state index contributed by atoms with van der Waals surface area (Å²) in [7, 11) is 0. The van der Waals surface area contributed by atoms with E-state index in [1.807, 2.05) is 19.9 Å². The molecule has 180 valence electrons. The van der Waals surface area contributed by atoms with Crippen LogP contribution < -0.4 is 5.32 Å². The maximum absolute atomic E-state index is 13.6. The van der Waals surface area contributed by atoms with E-state index in [0.717, 1.165) is 6.42 Å². The van der Waals surface area contributed by atoms with Crippen molar-refractivity contribution in [2.45, 2.75) is 50.9 Å². The van der Waals surface area contributed by atoms with Crippen LogP contribution in [0.3, 0.4) is 0 Å². The summed E-state index contributed by atoms with van der Waals surface area (Å²) in [6, 6.07) is 15.2. The van der Waals surface area contributed by atoms with E-state index < -0.39 is 11.8 Å². The highest BCUT2D eigenvalue weighted by atomic mass is 35.5. The van der Waals surface area contributed by atoms with E-state index in [4.69, 9.17) is 16.3 Å². The Kier molecular flexibility index (Phi) is 7.24. The largest absolute Gasteiger partial charge is 0.353 e. The second-order valence-corrected chi connectivity index (χ2v) is 9.31. The maximum Gasteiger partial charge on any atom is 0.256 e. The van der Waals surface area contributed by atoms with E-state index in [1.165, 1.54) is 0 Å². The van der Waals surface area contributed by atoms with Gasteiger partial charge in [0, 0.05) is 37.5 Å². The van der Waals surface area contributed by atoms with Crippen LogP contribution >= 0.6 is 11.6 Å². The van der Waals surface area contributed by atoms with E-state index in [9.17, 15) is 14.4 Å². The summed E-state index contributed by atoms with van der Waals surface area (Å²) in [4.78, 5) is 43.1. The van der Waals surface area contributed by atoms with Crippen molar-refractivity contribution in [1.82, 2.24) is 15.1 Å². The molecule has 2 aliphatic rings. The molecule has 7 nitrogen and oxygen atoms in total. The van der Waals surface area contributed by atoms with Crippen LogP contribution in [0.15, 0.2) is 54.6 Å². The first kappa shape index (κ1) is 24.2. The highest BCUT2D eigenvalue weighted by molar-refractivity contribution is 6.33. The Labute approximate surface area is 205 Å². The van der Waals surface area contributed by atoms with Crippen LogP contribution in [0.1, 0.15) is 53.8 Å². The van der Waals surface area contributed by atoms with E-state index >= 15 is 0 Å². The first-order chi connectivity index (χ1) is 16.4. The van der Waals surface area contributed by atoms with Crippen molar-refractivity contribution in [2.75, 3.05) is 19.7 Å². The Balaban J connectivity index is 1.57. The lowest BCUT2D eigenvalue weighted by Gasteiger charge is -2.44. The minimum atomic E-state index is -0.943. The highest BCUT2D eigenvalue weighted by Gasteiger charge is 2.54. The predicted molar refractivity (Wildman–Crippen MR) is 130 cm³/mol. The van der Waals surface area contributed by atoms with Gasteiger partial charge in [-0.1, -0.05) is 48.9 Å². The molecule has 2 aliphatic heterocycles. The van der Waals surface area contributed by atoms with Crippen LogP contribution in [0.4, 0.5) is 0 Å². The number of amides is 3. The normalized spacial score (nSPS) is 20.3. The van der Waals surface area contributed by atoms with Gasteiger partial charge in [-0.2, -0.15) is 0 Å². The van der Waals surface area contributed by atoms with Gasteiger partial charge in [0.15, 0.2) is 0 Å². The molecule has 1 N–H and O–H groups in total. The Morgan fingerprint density at radius 2 is 1.71 bits per heavy atom. The third kappa shape index (κ3) is 4.68. The number of nitrogens with one attached hydrogen (secondary N) is 1. The molecule has 3 amide bonds. The van der Waals surface area contributed by atoms with E-state index in [1.54, 1.807) is 58.3 Å². The number of benzene rings is 2. The fourth-order valence-electron chi connectivity index (χ4n) is 4.59. The molecule has 0 saturated carbocycles. The van der Waals surface area contributed by atoms with Crippen molar-refractivity contribution in [2.24, 2.45) is 0 Å². The summed E-state index contributed by atoms with van der Waals surface area (Å²) in [5, 5.41) is 3.40. The van der Waals surface area contributed by atoms with Gasteiger partial charge in [0.05, 0.1) is 17.2 Å². The van der Waals surface area contributed by atoms with Gasteiger partial charge in [0.1, 0.15) is 11.8 Å². The second-order valence-electron chi connectivity index (χ2n) is 8.90. The lowest BCUT2D eigenvalue weighted by Crippen LogP contribution is -2.60. The molecular weight excluding hydrogens is 454 g/mol. The van der Waals surface area contributed by atoms with Gasteiger partial charge in [-0.05, 0) is 37.6 Å². The molecule has 0 aromatic heterocycles. The lowest BCUT2D eigenvalue weighted by atomic mass is 9.96. The number of ether oxygens (including phenoxy) is 1. The summed E-state index contributed by atoms with van der Waals surface area (Å²) in [5.41, 5.74) is 0.0144. The topological polar surface area (TPSA) is 79.0 Å². The molecule has 4 rings (SSSR count). The molecular formula is C26H30ClN3O4. The van der Waals surface area contributed by atoms with Gasteiger partial charge >= 0.3 is 0 Å². The number of piperidine rings is 1. The van der Waals surface area contributed by atoms with Crippen LogP contribution in [-0.2, 0) is 9.53 Å². The van der Waals surface area contributed by atoms with Crippen LogP contribution in [0.2, 0.25) is 5.02 Å². The fraction of sp³-hybridized carbons (Fsp3) is 0.423. The van der Waals surface area contributed by atoms with E-state index in [-0.39, 0.29) is 30.4 Å². The fourth-order valence-corrected chi connectivity index (χ4v) is 4.81. The molecule has 2 saturated heterocycles. The summed E-state index contributed by atoms with van der Waals surface area (Å²) < 4.78 is 6.22. The van der Waals surface area contributed by atoms with Gasteiger partial charge in [0.2, 0.25) is 5.91 Å². The molecule has 0 aliphatic carbocycles. The molecule has 1 spiro atoms. The monoisotopic (exact) mass is 483 g/mol. The number of likely N-dealkylation sites (tertiary alicyclic amines) is 1. The van der Waals surface area contributed by atoms with Crippen LogP contribution in [0, 0.1) is 0 Å². The first-order valence-corrected chi connectivity index (χ1v) is 12.1. The van der Waals surface area contributed by atoms with E-state index in [2.05, 4.69) is 5.32 Å². The van der Waals surface area contributed by atoms with Crippen molar-refractivity contribution >= 4 is 29.3 Å². The highest BCUT2D eigenvalue weighted by Crippen LogP contribution is 2.39. The summed E-state index contributed by atoms with van der Waals surface area (Å²) >= 11 is 6.23. The zero-order chi connectivity index (χ0) is 24.3. The number of carbonyl (C=O) groups is 3. The zero-order valence-corrected chi connectivity index (χ0v) is 20.3. The van der Waals surface area contributed by atoms with Crippen LogP contribution in [0.5, 0.6) is 0 Å². The third-order valence-electron chi connectivity index (χ3n) is 6.74. The maximum atomic E-state index is 13.6. The average molecular weight is 484 g/mol. The van der Waals surface area contributed by atoms with Gasteiger partial charge in [-0.25, -0.2) is 0 Å². The minimum absolute atomic E-state index is 0.00665. The molecule has 2 aromatic carbocycles. The average Bonchev–Trinajstić information content (AvgIpc) is 3.23. The third-order valence-corrected chi connectivity index (χ3v) is 7.07. The molecule has 2 heterocycles. The van der Waals surface area contributed by atoms with Crippen molar-refractivity contribution in [3.63, 3.8) is 0 Å². The standard InChI is InChI=1S/C26H30ClN3O4/c1-3-18(2)28-23(31)22-17-34-26(30(22)24(32)19-9-5-4-6-10-19)13-15-29(16-14-26)25(33)20-11-7-8-12-21(20)27/h4-12,18,22H,3,13-17H2,1-2H3,(H,28,31). The molecule has 2 fully saturated rings. The Hall–Kier alpha value is -2.90. The Morgan fingerprint density at radius 3 is 2.35 bits per heavy atom. The molecule has 0 bridgehead atoms. The number of carbonyl (C=O) groups excluding carboxylic acids is 3. The number of nitrogens with zero attached hydrogens (tertiary/aromatic N) is 2. The first-order valence-electron chi connectivity index (χ1n) is 11.7. The van der Waals surface area contributed by atoms with Crippen molar-refractivity contribution in [3.05, 3.63) is 70.7 Å². The zero-order valence-electron chi connectivity index (χ0n) is 19.5. The Morgan fingerprint density at radius 1 is 1.06 bits per heavy atom. The lowest BCUT2D eigenvalue weighted by molar-refractivity contribution is -0.128. The number of rotatable bonds is 5. The smallest absolute Gasteiger partial charge is 0.256 e.